The van der Waals surface area contributed by atoms with E-state index in [0.717, 1.165) is 17.2 Å². The van der Waals surface area contributed by atoms with Crippen molar-refractivity contribution in [2.75, 3.05) is 18.5 Å². The van der Waals surface area contributed by atoms with Crippen LogP contribution in [0.2, 0.25) is 0 Å². The zero-order valence-corrected chi connectivity index (χ0v) is 13.1. The number of rotatable bonds is 4. The van der Waals surface area contributed by atoms with Gasteiger partial charge in [-0.3, -0.25) is 9.13 Å². The van der Waals surface area contributed by atoms with Gasteiger partial charge in [0.1, 0.15) is 36.3 Å². The van der Waals surface area contributed by atoms with E-state index in [1.165, 1.54) is 0 Å². The Balaban J connectivity index is 2.22. The minimum atomic E-state index is -4.71. The molecule has 0 unspecified atom stereocenters. The first kappa shape index (κ1) is 17.2. The van der Waals surface area contributed by atoms with Crippen molar-refractivity contribution < 1.29 is 34.4 Å². The Bertz CT molecular complexity index is 809. The SMILES string of the molecule is Nc1ncnc2c1ncn2[C@]1(CP(=O)(O)O)O[C@H](CO)[C@@H](O)[C@H]1O. The van der Waals surface area contributed by atoms with Crippen molar-refractivity contribution in [3.8, 4) is 0 Å². The molecule has 7 N–H and O–H groups in total. The quantitative estimate of drug-likeness (QED) is 0.311. The van der Waals surface area contributed by atoms with Crippen LogP contribution in [0.15, 0.2) is 12.7 Å². The molecule has 0 aromatic carbocycles. The van der Waals surface area contributed by atoms with Crippen LogP contribution in [-0.2, 0) is 15.0 Å². The summed E-state index contributed by atoms with van der Waals surface area (Å²) in [5, 5.41) is 29.7. The molecule has 13 heteroatoms. The first-order valence-corrected chi connectivity index (χ1v) is 8.63. The fourth-order valence-corrected chi connectivity index (χ4v) is 3.85. The summed E-state index contributed by atoms with van der Waals surface area (Å²) in [6.07, 6.45) is -3.30. The van der Waals surface area contributed by atoms with Crippen LogP contribution < -0.4 is 5.73 Å². The van der Waals surface area contributed by atoms with E-state index in [2.05, 4.69) is 15.0 Å². The van der Waals surface area contributed by atoms with Crippen molar-refractivity contribution in [3.05, 3.63) is 12.7 Å². The molecular weight excluding hydrogens is 345 g/mol. The highest BCUT2D eigenvalue weighted by molar-refractivity contribution is 7.51. The average molecular weight is 361 g/mol. The van der Waals surface area contributed by atoms with E-state index in [1.54, 1.807) is 0 Å². The van der Waals surface area contributed by atoms with Crippen LogP contribution >= 0.6 is 7.60 Å². The maximum Gasteiger partial charge on any atom is 0.330 e. The Morgan fingerprint density at radius 3 is 2.62 bits per heavy atom. The van der Waals surface area contributed by atoms with Gasteiger partial charge in [0.2, 0.25) is 0 Å². The largest absolute Gasteiger partial charge is 0.394 e. The van der Waals surface area contributed by atoms with Gasteiger partial charge in [-0.1, -0.05) is 0 Å². The van der Waals surface area contributed by atoms with Crippen LogP contribution in [0.25, 0.3) is 11.2 Å². The van der Waals surface area contributed by atoms with Gasteiger partial charge in [0.15, 0.2) is 17.2 Å². The zero-order chi connectivity index (χ0) is 17.7. The minimum Gasteiger partial charge on any atom is -0.394 e. The number of anilines is 1. The van der Waals surface area contributed by atoms with Crippen LogP contribution in [0.3, 0.4) is 0 Å². The molecule has 0 spiro atoms. The minimum absolute atomic E-state index is 0.0248. The van der Waals surface area contributed by atoms with Gasteiger partial charge >= 0.3 is 7.60 Å². The molecule has 1 fully saturated rings. The Labute approximate surface area is 134 Å². The number of ether oxygens (including phenoxy) is 1. The number of hydrogen-bond donors (Lipinski definition) is 6. The van der Waals surface area contributed by atoms with E-state index in [4.69, 9.17) is 10.5 Å². The summed E-state index contributed by atoms with van der Waals surface area (Å²) < 4.78 is 18.2. The highest BCUT2D eigenvalue weighted by atomic mass is 31.2. The number of aliphatic hydroxyl groups excluding tert-OH is 3. The van der Waals surface area contributed by atoms with Gasteiger partial charge < -0.3 is 35.6 Å². The molecule has 12 nitrogen and oxygen atoms in total. The summed E-state index contributed by atoms with van der Waals surface area (Å²) >= 11 is 0. The molecule has 2 aromatic rings. The molecule has 4 atom stereocenters. The third kappa shape index (κ3) is 2.58. The highest BCUT2D eigenvalue weighted by Crippen LogP contribution is 2.48. The van der Waals surface area contributed by atoms with Crippen LogP contribution in [0.5, 0.6) is 0 Å². The maximum absolute atomic E-state index is 11.6. The number of aliphatic hydroxyl groups is 3. The molecule has 1 aliphatic rings. The lowest BCUT2D eigenvalue weighted by atomic mass is 10.0. The third-order valence-corrected chi connectivity index (χ3v) is 4.77. The number of nitrogens with zero attached hydrogens (tertiary/aromatic N) is 4. The van der Waals surface area contributed by atoms with Crippen molar-refractivity contribution in [1.82, 2.24) is 19.5 Å². The first-order chi connectivity index (χ1) is 11.2. The fraction of sp³-hybridized carbons (Fsp3) is 0.545. The highest BCUT2D eigenvalue weighted by Gasteiger charge is 2.58. The second kappa shape index (κ2) is 5.70. The zero-order valence-electron chi connectivity index (χ0n) is 12.2. The van der Waals surface area contributed by atoms with Crippen LogP contribution in [0.1, 0.15) is 0 Å². The molecule has 132 valence electrons. The molecule has 3 rings (SSSR count). The molecule has 2 aromatic heterocycles. The molecule has 24 heavy (non-hydrogen) atoms. The molecule has 0 bridgehead atoms. The molecular formula is C11H16N5O7P. The Kier molecular flexibility index (Phi) is 4.08. The molecule has 0 radical (unpaired) electrons. The summed E-state index contributed by atoms with van der Waals surface area (Å²) in [5.74, 6) is 0.0248. The van der Waals surface area contributed by atoms with E-state index >= 15 is 0 Å². The topological polar surface area (TPSA) is 197 Å². The van der Waals surface area contributed by atoms with Crippen LogP contribution in [-0.4, -0.2) is 75.7 Å². The Hall–Kier alpha value is -1.66. The van der Waals surface area contributed by atoms with Crippen molar-refractivity contribution in [3.63, 3.8) is 0 Å². The number of nitrogen functional groups attached to an aromatic ring is 1. The van der Waals surface area contributed by atoms with Crippen molar-refractivity contribution in [2.24, 2.45) is 0 Å². The van der Waals surface area contributed by atoms with E-state index in [9.17, 15) is 29.7 Å². The molecule has 3 heterocycles. The van der Waals surface area contributed by atoms with Gasteiger partial charge in [-0.15, -0.1) is 0 Å². The van der Waals surface area contributed by atoms with Crippen molar-refractivity contribution in [2.45, 2.75) is 24.0 Å². The van der Waals surface area contributed by atoms with Gasteiger partial charge in [-0.2, -0.15) is 0 Å². The van der Waals surface area contributed by atoms with E-state index in [-0.39, 0.29) is 17.0 Å². The predicted molar refractivity (Wildman–Crippen MR) is 78.6 cm³/mol. The van der Waals surface area contributed by atoms with E-state index < -0.39 is 44.4 Å². The van der Waals surface area contributed by atoms with Crippen LogP contribution in [0, 0.1) is 0 Å². The standard InChI is InChI=1S/C11H16N5O7P/c12-9-6-10(14-3-13-9)16(4-15-6)11(2-24(20,21)22)8(19)7(18)5(1-17)23-11/h3-5,7-8,17-19H,1-2H2,(H2,12,13,14)(H2,20,21,22)/t5-,7-,8-,11-/m1/s1. The third-order valence-electron chi connectivity index (χ3n) is 3.90. The normalized spacial score (nSPS) is 31.0. The number of nitrogens with two attached hydrogens (primary N) is 1. The second-order valence-electron chi connectivity index (χ2n) is 5.49. The molecule has 1 aliphatic heterocycles. The predicted octanol–water partition coefficient (Wildman–Crippen LogP) is -2.65. The molecule has 0 aliphatic carbocycles. The second-order valence-corrected chi connectivity index (χ2v) is 7.13. The number of imidazole rings is 1. The Morgan fingerprint density at radius 2 is 2.04 bits per heavy atom. The first-order valence-electron chi connectivity index (χ1n) is 6.83. The van der Waals surface area contributed by atoms with Gasteiger partial charge in [-0.25, -0.2) is 15.0 Å². The fourth-order valence-electron chi connectivity index (χ4n) is 2.85. The molecule has 0 amide bonds. The van der Waals surface area contributed by atoms with Gasteiger partial charge in [0, 0.05) is 0 Å². The average Bonchev–Trinajstić information content (AvgIpc) is 3.03. The van der Waals surface area contributed by atoms with Crippen molar-refractivity contribution >= 4 is 24.6 Å². The number of aromatic nitrogens is 4. The number of hydrogen-bond acceptors (Lipinski definition) is 9. The van der Waals surface area contributed by atoms with Crippen LogP contribution in [0.4, 0.5) is 5.82 Å². The summed E-state index contributed by atoms with van der Waals surface area (Å²) in [4.78, 5) is 30.5. The number of fused-ring (bicyclic) bond motifs is 1. The molecule has 0 saturated carbocycles. The van der Waals surface area contributed by atoms with Gasteiger partial charge in [-0.05, 0) is 0 Å². The molecule has 1 saturated heterocycles. The summed E-state index contributed by atoms with van der Waals surface area (Å²) in [5.41, 5.74) is 3.79. The maximum atomic E-state index is 11.6. The summed E-state index contributed by atoms with van der Waals surface area (Å²) in [6.45, 7) is -0.662. The van der Waals surface area contributed by atoms with Crippen molar-refractivity contribution in [1.29, 1.82) is 0 Å². The lowest BCUT2D eigenvalue weighted by molar-refractivity contribution is -0.131. The monoisotopic (exact) mass is 361 g/mol. The van der Waals surface area contributed by atoms with E-state index in [1.807, 2.05) is 0 Å². The lowest BCUT2D eigenvalue weighted by Gasteiger charge is -2.33. The summed E-state index contributed by atoms with van der Waals surface area (Å²) in [6, 6.07) is 0. The van der Waals surface area contributed by atoms with Gasteiger partial charge in [0.25, 0.3) is 0 Å². The lowest BCUT2D eigenvalue weighted by Crippen LogP contribution is -2.48. The summed E-state index contributed by atoms with van der Waals surface area (Å²) in [7, 11) is -4.71. The van der Waals surface area contributed by atoms with Gasteiger partial charge in [0.05, 0.1) is 12.9 Å². The van der Waals surface area contributed by atoms with E-state index in [0.29, 0.717) is 0 Å². The smallest absolute Gasteiger partial charge is 0.330 e. The Morgan fingerprint density at radius 1 is 1.33 bits per heavy atom.